The summed E-state index contributed by atoms with van der Waals surface area (Å²) in [7, 11) is 8.02. The van der Waals surface area contributed by atoms with Crippen molar-refractivity contribution in [3.8, 4) is 0 Å². The zero-order valence-corrected chi connectivity index (χ0v) is 12.5. The molecule has 0 amide bonds. The molecule has 1 heterocycles. The van der Waals surface area contributed by atoms with E-state index in [4.69, 9.17) is 0 Å². The van der Waals surface area contributed by atoms with Crippen LogP contribution in [0.25, 0.3) is 0 Å². The number of hydrogen-bond acceptors (Lipinski definition) is 5. The summed E-state index contributed by atoms with van der Waals surface area (Å²) in [5.74, 6) is 1.54. The van der Waals surface area contributed by atoms with Crippen LogP contribution in [0, 0.1) is 0 Å². The Morgan fingerprint density at radius 1 is 1.00 bits per heavy atom. The summed E-state index contributed by atoms with van der Waals surface area (Å²) in [6, 6.07) is 10.2. The zero-order chi connectivity index (χ0) is 14.5. The topological polar surface area (TPSA) is 44.3 Å². The normalized spacial score (nSPS) is 10.2. The van der Waals surface area contributed by atoms with Gasteiger partial charge in [0.1, 0.15) is 5.82 Å². The molecule has 0 bridgehead atoms. The largest absolute Gasteiger partial charge is 0.377 e. The molecule has 5 heteroatoms. The number of para-hydroxylation sites is 1. The van der Waals surface area contributed by atoms with E-state index in [2.05, 4.69) is 32.3 Å². The van der Waals surface area contributed by atoms with Crippen LogP contribution in [-0.2, 0) is 6.54 Å². The lowest BCUT2D eigenvalue weighted by atomic mass is 10.1. The van der Waals surface area contributed by atoms with E-state index in [1.807, 2.05) is 51.3 Å². The van der Waals surface area contributed by atoms with Crippen molar-refractivity contribution in [2.75, 3.05) is 43.3 Å². The van der Waals surface area contributed by atoms with E-state index in [-0.39, 0.29) is 0 Å². The molecule has 1 N–H and O–H groups in total. The van der Waals surface area contributed by atoms with Gasteiger partial charge in [0.05, 0.1) is 0 Å². The summed E-state index contributed by atoms with van der Waals surface area (Å²) in [6.07, 6.45) is 1.77. The minimum absolute atomic E-state index is 0.643. The first kappa shape index (κ1) is 14.1. The van der Waals surface area contributed by atoms with E-state index >= 15 is 0 Å². The lowest BCUT2D eigenvalue weighted by molar-refractivity contribution is 0.999. The van der Waals surface area contributed by atoms with Crippen molar-refractivity contribution in [1.29, 1.82) is 0 Å². The van der Waals surface area contributed by atoms with E-state index in [1.165, 1.54) is 11.3 Å². The molecule has 0 aliphatic heterocycles. The molecule has 0 saturated heterocycles. The van der Waals surface area contributed by atoms with Crippen LogP contribution in [0.5, 0.6) is 0 Å². The highest BCUT2D eigenvalue weighted by atomic mass is 15.2. The van der Waals surface area contributed by atoms with Crippen LogP contribution in [0.1, 0.15) is 5.56 Å². The van der Waals surface area contributed by atoms with Gasteiger partial charge < -0.3 is 15.1 Å². The van der Waals surface area contributed by atoms with E-state index in [0.29, 0.717) is 12.5 Å². The van der Waals surface area contributed by atoms with Gasteiger partial charge in [0.2, 0.25) is 5.95 Å². The Bertz CT molecular complexity index is 566. The summed E-state index contributed by atoms with van der Waals surface area (Å²) in [6.45, 7) is 0.700. The number of hydrogen-bond donors (Lipinski definition) is 1. The van der Waals surface area contributed by atoms with Crippen molar-refractivity contribution in [2.24, 2.45) is 0 Å². The third-order valence-electron chi connectivity index (χ3n) is 3.01. The minimum Gasteiger partial charge on any atom is -0.377 e. The second-order valence-electron chi connectivity index (χ2n) is 5.01. The summed E-state index contributed by atoms with van der Waals surface area (Å²) in [5, 5.41) is 3.28. The van der Waals surface area contributed by atoms with Crippen LogP contribution in [0.4, 0.5) is 17.5 Å². The second kappa shape index (κ2) is 6.23. The molecule has 0 spiro atoms. The SMILES string of the molecule is CN(C)c1ccnc(NCc2ccccc2N(C)C)n1. The summed E-state index contributed by atoms with van der Waals surface area (Å²) in [4.78, 5) is 12.8. The van der Waals surface area contributed by atoms with Crippen LogP contribution < -0.4 is 15.1 Å². The van der Waals surface area contributed by atoms with Crippen LogP contribution in [0.3, 0.4) is 0 Å². The number of aromatic nitrogens is 2. The lowest BCUT2D eigenvalue weighted by Crippen LogP contribution is -2.14. The quantitative estimate of drug-likeness (QED) is 0.903. The maximum absolute atomic E-state index is 4.45. The Hall–Kier alpha value is -2.30. The highest BCUT2D eigenvalue weighted by molar-refractivity contribution is 5.53. The number of benzene rings is 1. The average molecular weight is 271 g/mol. The maximum Gasteiger partial charge on any atom is 0.224 e. The van der Waals surface area contributed by atoms with Gasteiger partial charge >= 0.3 is 0 Å². The van der Waals surface area contributed by atoms with Crippen LogP contribution in [0.2, 0.25) is 0 Å². The van der Waals surface area contributed by atoms with Gasteiger partial charge in [-0.25, -0.2) is 4.98 Å². The third kappa shape index (κ3) is 3.38. The first-order valence-electron chi connectivity index (χ1n) is 6.57. The zero-order valence-electron chi connectivity index (χ0n) is 12.5. The fraction of sp³-hybridized carbons (Fsp3) is 0.333. The lowest BCUT2D eigenvalue weighted by Gasteiger charge is -2.18. The number of nitrogens with one attached hydrogen (secondary N) is 1. The standard InChI is InChI=1S/C15H21N5/c1-19(2)13-8-6-5-7-12(13)11-17-15-16-10-9-14(18-15)20(3)4/h5-10H,11H2,1-4H3,(H,16,17,18). The molecule has 0 aliphatic carbocycles. The summed E-state index contributed by atoms with van der Waals surface area (Å²) >= 11 is 0. The monoisotopic (exact) mass is 271 g/mol. The predicted molar refractivity (Wildman–Crippen MR) is 84.5 cm³/mol. The van der Waals surface area contributed by atoms with Crippen molar-refractivity contribution in [3.63, 3.8) is 0 Å². The molecule has 20 heavy (non-hydrogen) atoms. The molecule has 0 atom stereocenters. The molecule has 5 nitrogen and oxygen atoms in total. The fourth-order valence-electron chi connectivity index (χ4n) is 1.95. The molecular formula is C15H21N5. The average Bonchev–Trinajstić information content (AvgIpc) is 2.45. The van der Waals surface area contributed by atoms with Crippen molar-refractivity contribution >= 4 is 17.5 Å². The second-order valence-corrected chi connectivity index (χ2v) is 5.01. The number of anilines is 3. The molecular weight excluding hydrogens is 250 g/mol. The number of rotatable bonds is 5. The Morgan fingerprint density at radius 2 is 1.75 bits per heavy atom. The Kier molecular flexibility index (Phi) is 4.40. The minimum atomic E-state index is 0.643. The van der Waals surface area contributed by atoms with Gasteiger partial charge in [-0.1, -0.05) is 18.2 Å². The van der Waals surface area contributed by atoms with Crippen LogP contribution >= 0.6 is 0 Å². The van der Waals surface area contributed by atoms with E-state index < -0.39 is 0 Å². The highest BCUT2D eigenvalue weighted by Crippen LogP contribution is 2.19. The van der Waals surface area contributed by atoms with Gasteiger partial charge in [-0.15, -0.1) is 0 Å². The molecule has 2 rings (SSSR count). The molecule has 0 aliphatic rings. The van der Waals surface area contributed by atoms with E-state index in [1.54, 1.807) is 6.20 Å². The molecule has 106 valence electrons. The Morgan fingerprint density at radius 3 is 2.45 bits per heavy atom. The van der Waals surface area contributed by atoms with Gasteiger partial charge in [-0.05, 0) is 17.7 Å². The van der Waals surface area contributed by atoms with Crippen molar-refractivity contribution in [2.45, 2.75) is 6.54 Å². The first-order valence-corrected chi connectivity index (χ1v) is 6.57. The predicted octanol–water partition coefficient (Wildman–Crippen LogP) is 2.22. The number of nitrogens with zero attached hydrogens (tertiary/aromatic N) is 4. The maximum atomic E-state index is 4.45. The molecule has 0 unspecified atom stereocenters. The van der Waals surface area contributed by atoms with Gasteiger partial charge in [0.15, 0.2) is 0 Å². The summed E-state index contributed by atoms with van der Waals surface area (Å²) in [5.41, 5.74) is 2.42. The van der Waals surface area contributed by atoms with Crippen molar-refractivity contribution in [1.82, 2.24) is 9.97 Å². The first-order chi connectivity index (χ1) is 9.58. The smallest absolute Gasteiger partial charge is 0.224 e. The van der Waals surface area contributed by atoms with Gasteiger partial charge in [-0.3, -0.25) is 0 Å². The molecule has 1 aromatic heterocycles. The van der Waals surface area contributed by atoms with Gasteiger partial charge in [-0.2, -0.15) is 4.98 Å². The van der Waals surface area contributed by atoms with E-state index in [0.717, 1.165) is 5.82 Å². The Labute approximate surface area is 120 Å². The van der Waals surface area contributed by atoms with E-state index in [9.17, 15) is 0 Å². The molecule has 1 aromatic carbocycles. The van der Waals surface area contributed by atoms with Gasteiger partial charge in [0.25, 0.3) is 0 Å². The highest BCUT2D eigenvalue weighted by Gasteiger charge is 2.05. The molecule has 0 radical (unpaired) electrons. The third-order valence-corrected chi connectivity index (χ3v) is 3.01. The summed E-state index contributed by atoms with van der Waals surface area (Å²) < 4.78 is 0. The van der Waals surface area contributed by atoms with Crippen LogP contribution in [-0.4, -0.2) is 38.2 Å². The van der Waals surface area contributed by atoms with Crippen molar-refractivity contribution in [3.05, 3.63) is 42.1 Å². The fourth-order valence-corrected chi connectivity index (χ4v) is 1.95. The molecule has 0 saturated carbocycles. The van der Waals surface area contributed by atoms with Crippen LogP contribution in [0.15, 0.2) is 36.5 Å². The molecule has 2 aromatic rings. The molecule has 0 fully saturated rings. The Balaban J connectivity index is 2.11. The van der Waals surface area contributed by atoms with Crippen molar-refractivity contribution < 1.29 is 0 Å². The van der Waals surface area contributed by atoms with Gasteiger partial charge in [0, 0.05) is 46.6 Å².